The quantitative estimate of drug-likeness (QED) is 0.367. The second-order valence-corrected chi connectivity index (χ2v) is 4.90. The summed E-state index contributed by atoms with van der Waals surface area (Å²) in [7, 11) is 0. The van der Waals surface area contributed by atoms with E-state index in [0.717, 1.165) is 0 Å². The van der Waals surface area contributed by atoms with E-state index in [4.69, 9.17) is 19.3 Å². The van der Waals surface area contributed by atoms with Gasteiger partial charge in [0, 0.05) is 0 Å². The minimum atomic E-state index is -1.28. The molecule has 112 valence electrons. The Bertz CT molecular complexity index is 300. The second-order valence-electron chi connectivity index (χ2n) is 4.90. The molecule has 2 aliphatic heterocycles. The molecule has 8 atom stereocenters. The Kier molecular flexibility index (Phi) is 4.75. The lowest BCUT2D eigenvalue weighted by atomic mass is 10.1. The van der Waals surface area contributed by atoms with E-state index in [9.17, 15) is 20.4 Å². The fourth-order valence-corrected chi connectivity index (χ4v) is 2.26. The molecular formula is C11H20O8. The van der Waals surface area contributed by atoms with Crippen LogP contribution < -0.4 is 0 Å². The van der Waals surface area contributed by atoms with Gasteiger partial charge in [0.05, 0.1) is 19.3 Å². The summed E-state index contributed by atoms with van der Waals surface area (Å²) in [6, 6.07) is 0. The Labute approximate surface area is 110 Å². The Balaban J connectivity index is 1.83. The maximum absolute atomic E-state index is 9.67. The maximum atomic E-state index is 9.67. The van der Waals surface area contributed by atoms with Crippen LogP contribution in [-0.2, 0) is 14.2 Å². The van der Waals surface area contributed by atoms with Crippen molar-refractivity contribution in [2.24, 2.45) is 0 Å². The van der Waals surface area contributed by atoms with E-state index in [0.29, 0.717) is 0 Å². The van der Waals surface area contributed by atoms with Crippen LogP contribution in [0, 0.1) is 0 Å². The van der Waals surface area contributed by atoms with Gasteiger partial charge in [0.2, 0.25) is 0 Å². The molecule has 5 N–H and O–H groups in total. The lowest BCUT2D eigenvalue weighted by molar-refractivity contribution is -0.188. The summed E-state index contributed by atoms with van der Waals surface area (Å²) in [6.45, 7) is 1.09. The van der Waals surface area contributed by atoms with Gasteiger partial charge < -0.3 is 39.7 Å². The number of aliphatic hydroxyl groups excluding tert-OH is 5. The highest BCUT2D eigenvalue weighted by Crippen LogP contribution is 2.25. The molecule has 2 saturated heterocycles. The number of rotatable bonds is 4. The zero-order valence-electron chi connectivity index (χ0n) is 10.5. The fourth-order valence-electron chi connectivity index (χ4n) is 2.26. The first-order valence-electron chi connectivity index (χ1n) is 6.21. The van der Waals surface area contributed by atoms with Crippen molar-refractivity contribution in [3.05, 3.63) is 0 Å². The fraction of sp³-hybridized carbons (Fsp3) is 1.00. The van der Waals surface area contributed by atoms with Crippen LogP contribution in [0.4, 0.5) is 0 Å². The average Bonchev–Trinajstić information content (AvgIpc) is 2.81. The van der Waals surface area contributed by atoms with Gasteiger partial charge in [0.15, 0.2) is 6.29 Å². The Hall–Kier alpha value is -0.320. The van der Waals surface area contributed by atoms with Gasteiger partial charge in [-0.25, -0.2) is 0 Å². The van der Waals surface area contributed by atoms with E-state index < -0.39 is 55.6 Å². The van der Waals surface area contributed by atoms with Crippen molar-refractivity contribution < 1.29 is 39.7 Å². The summed E-state index contributed by atoms with van der Waals surface area (Å²) in [5, 5.41) is 47.3. The molecule has 0 saturated carbocycles. The lowest BCUT2D eigenvalue weighted by Gasteiger charge is -2.20. The van der Waals surface area contributed by atoms with Gasteiger partial charge in [-0.1, -0.05) is 0 Å². The molecule has 0 aromatic carbocycles. The average molecular weight is 280 g/mol. The van der Waals surface area contributed by atoms with E-state index in [1.807, 2.05) is 0 Å². The summed E-state index contributed by atoms with van der Waals surface area (Å²) in [5.74, 6) is 0. The van der Waals surface area contributed by atoms with Crippen molar-refractivity contribution >= 4 is 0 Å². The third-order valence-corrected chi connectivity index (χ3v) is 3.52. The molecule has 19 heavy (non-hydrogen) atoms. The van der Waals surface area contributed by atoms with Gasteiger partial charge >= 0.3 is 0 Å². The van der Waals surface area contributed by atoms with Crippen LogP contribution in [0.25, 0.3) is 0 Å². The van der Waals surface area contributed by atoms with Crippen LogP contribution in [0.15, 0.2) is 0 Å². The second kappa shape index (κ2) is 5.98. The van der Waals surface area contributed by atoms with Crippen LogP contribution >= 0.6 is 0 Å². The molecular weight excluding hydrogens is 260 g/mol. The molecule has 0 amide bonds. The van der Waals surface area contributed by atoms with Gasteiger partial charge in [0.1, 0.15) is 36.6 Å². The zero-order chi connectivity index (χ0) is 14.2. The summed E-state index contributed by atoms with van der Waals surface area (Å²) in [5.41, 5.74) is 0. The molecule has 8 nitrogen and oxygen atoms in total. The standard InChI is InChI=1S/C11H20O8/c1-4-7(13)9(15)6(18-4)3-17-11-10(16)8(14)5(2-12)19-11/h4-16H,2-3H2,1H3/t4-,5-,6-,7?,8?,9?,10?,11+/m0/s1. The Morgan fingerprint density at radius 2 is 1.53 bits per heavy atom. The Morgan fingerprint density at radius 1 is 0.895 bits per heavy atom. The normalized spacial score (nSPS) is 50.8. The summed E-state index contributed by atoms with van der Waals surface area (Å²) in [4.78, 5) is 0. The van der Waals surface area contributed by atoms with E-state index in [-0.39, 0.29) is 6.61 Å². The van der Waals surface area contributed by atoms with Crippen molar-refractivity contribution in [1.29, 1.82) is 0 Å². The zero-order valence-corrected chi connectivity index (χ0v) is 10.5. The molecule has 0 spiro atoms. The minimum Gasteiger partial charge on any atom is -0.394 e. The number of hydrogen-bond donors (Lipinski definition) is 5. The van der Waals surface area contributed by atoms with E-state index in [2.05, 4.69) is 0 Å². The smallest absolute Gasteiger partial charge is 0.186 e. The predicted molar refractivity (Wildman–Crippen MR) is 60.1 cm³/mol. The van der Waals surface area contributed by atoms with E-state index in [1.165, 1.54) is 0 Å². The van der Waals surface area contributed by atoms with Crippen LogP contribution in [0.5, 0.6) is 0 Å². The van der Waals surface area contributed by atoms with Crippen molar-refractivity contribution in [1.82, 2.24) is 0 Å². The monoisotopic (exact) mass is 280 g/mol. The molecule has 0 aromatic rings. The first-order chi connectivity index (χ1) is 8.95. The Morgan fingerprint density at radius 3 is 2.00 bits per heavy atom. The first kappa shape index (κ1) is 15.1. The van der Waals surface area contributed by atoms with Gasteiger partial charge in [0.25, 0.3) is 0 Å². The largest absolute Gasteiger partial charge is 0.394 e. The van der Waals surface area contributed by atoms with Crippen molar-refractivity contribution in [3.63, 3.8) is 0 Å². The molecule has 4 unspecified atom stereocenters. The molecule has 2 fully saturated rings. The molecule has 0 radical (unpaired) electrons. The molecule has 0 aromatic heterocycles. The number of aliphatic hydroxyl groups is 5. The summed E-state index contributed by atoms with van der Waals surface area (Å²) >= 11 is 0. The highest BCUT2D eigenvalue weighted by atomic mass is 16.7. The molecule has 2 rings (SSSR count). The van der Waals surface area contributed by atoms with Gasteiger partial charge in [-0.2, -0.15) is 0 Å². The molecule has 0 bridgehead atoms. The SMILES string of the molecule is C[C@@H]1O[C@@H](CO[C@@H]2O[C@@H](CO)C(O)C2O)C(O)C1O. The predicted octanol–water partition coefficient (Wildman–Crippen LogP) is -3.05. The van der Waals surface area contributed by atoms with Gasteiger partial charge in [-0.15, -0.1) is 0 Å². The summed E-state index contributed by atoms with van der Waals surface area (Å²) < 4.78 is 15.6. The van der Waals surface area contributed by atoms with Crippen molar-refractivity contribution in [2.45, 2.75) is 55.9 Å². The third kappa shape index (κ3) is 2.91. The van der Waals surface area contributed by atoms with Crippen LogP contribution in [0.3, 0.4) is 0 Å². The van der Waals surface area contributed by atoms with Crippen LogP contribution in [-0.4, -0.2) is 87.8 Å². The molecule has 2 aliphatic rings. The van der Waals surface area contributed by atoms with Crippen molar-refractivity contribution in [2.75, 3.05) is 13.2 Å². The molecule has 2 heterocycles. The van der Waals surface area contributed by atoms with Gasteiger partial charge in [-0.05, 0) is 6.92 Å². The van der Waals surface area contributed by atoms with Crippen molar-refractivity contribution in [3.8, 4) is 0 Å². The minimum absolute atomic E-state index is 0.102. The van der Waals surface area contributed by atoms with E-state index >= 15 is 0 Å². The topological polar surface area (TPSA) is 129 Å². The van der Waals surface area contributed by atoms with E-state index in [1.54, 1.807) is 6.92 Å². The van der Waals surface area contributed by atoms with Gasteiger partial charge in [-0.3, -0.25) is 0 Å². The lowest BCUT2D eigenvalue weighted by Crippen LogP contribution is -2.38. The first-order valence-corrected chi connectivity index (χ1v) is 6.21. The van der Waals surface area contributed by atoms with Crippen LogP contribution in [0.2, 0.25) is 0 Å². The van der Waals surface area contributed by atoms with Crippen LogP contribution in [0.1, 0.15) is 6.92 Å². The summed E-state index contributed by atoms with van der Waals surface area (Å²) in [6.07, 6.45) is -7.81. The highest BCUT2D eigenvalue weighted by molar-refractivity contribution is 4.90. The maximum Gasteiger partial charge on any atom is 0.186 e. The third-order valence-electron chi connectivity index (χ3n) is 3.52. The number of ether oxygens (including phenoxy) is 3. The highest BCUT2D eigenvalue weighted by Gasteiger charge is 2.45. The molecule has 0 aliphatic carbocycles. The molecule has 8 heteroatoms. The number of hydrogen-bond acceptors (Lipinski definition) is 8.